The summed E-state index contributed by atoms with van der Waals surface area (Å²) in [5, 5.41) is 9.49. The van der Waals surface area contributed by atoms with Crippen LogP contribution in [0.4, 0.5) is 0 Å². The van der Waals surface area contributed by atoms with Crippen LogP contribution in [0.5, 0.6) is 5.75 Å². The van der Waals surface area contributed by atoms with Crippen LogP contribution in [0.15, 0.2) is 60.7 Å². The van der Waals surface area contributed by atoms with Crippen LogP contribution in [0.3, 0.4) is 0 Å². The van der Waals surface area contributed by atoms with E-state index in [1.54, 1.807) is 41.3 Å². The first-order valence-corrected chi connectivity index (χ1v) is 8.50. The topological polar surface area (TPSA) is 53.3 Å². The summed E-state index contributed by atoms with van der Waals surface area (Å²) < 4.78 is 5.68. The summed E-state index contributed by atoms with van der Waals surface area (Å²) in [4.78, 5) is 14.6. The quantitative estimate of drug-likeness (QED) is 0.747. The molecule has 3 rings (SSSR count). The highest BCUT2D eigenvalue weighted by molar-refractivity contribution is 6.30. The van der Waals surface area contributed by atoms with Crippen LogP contribution < -0.4 is 4.74 Å². The smallest absolute Gasteiger partial charge is 0.253 e. The molecular weight excluding hydrogens is 348 g/mol. The van der Waals surface area contributed by atoms with E-state index in [-0.39, 0.29) is 12.5 Å². The molecule has 1 aliphatic heterocycles. The third kappa shape index (κ3) is 3.96. The van der Waals surface area contributed by atoms with Gasteiger partial charge in [0.25, 0.3) is 5.91 Å². The number of hydrogen-bond donors (Lipinski definition) is 0. The molecule has 5 heteroatoms. The Morgan fingerprint density at radius 1 is 1.31 bits per heavy atom. The first kappa shape index (κ1) is 17.8. The molecule has 0 aliphatic carbocycles. The van der Waals surface area contributed by atoms with Crippen molar-refractivity contribution in [2.24, 2.45) is 0 Å². The number of nitriles is 1. The zero-order valence-corrected chi connectivity index (χ0v) is 14.9. The molecule has 2 aromatic rings. The second kappa shape index (κ2) is 7.90. The number of carbonyl (C=O) groups is 1. The largest absolute Gasteiger partial charge is 0.488 e. The molecule has 0 bridgehead atoms. The van der Waals surface area contributed by atoms with Crippen LogP contribution in [0, 0.1) is 11.3 Å². The highest BCUT2D eigenvalue weighted by atomic mass is 35.5. The zero-order valence-electron chi connectivity index (χ0n) is 14.1. The van der Waals surface area contributed by atoms with E-state index in [0.717, 1.165) is 11.1 Å². The molecule has 0 N–H and O–H groups in total. The van der Waals surface area contributed by atoms with E-state index >= 15 is 0 Å². The molecule has 1 heterocycles. The molecule has 0 atom stereocenters. The van der Waals surface area contributed by atoms with Gasteiger partial charge in [0.15, 0.2) is 0 Å². The molecule has 2 aromatic carbocycles. The summed E-state index contributed by atoms with van der Waals surface area (Å²) in [5.74, 6) is 0.605. The summed E-state index contributed by atoms with van der Waals surface area (Å²) in [6.07, 6.45) is 3.51. The van der Waals surface area contributed by atoms with Gasteiger partial charge in [0, 0.05) is 23.7 Å². The van der Waals surface area contributed by atoms with Gasteiger partial charge in [0.2, 0.25) is 0 Å². The Labute approximate surface area is 157 Å². The lowest BCUT2D eigenvalue weighted by molar-refractivity contribution is -0.127. The summed E-state index contributed by atoms with van der Waals surface area (Å²) in [6, 6.07) is 14.6. The molecule has 26 heavy (non-hydrogen) atoms. The molecule has 0 radical (unpaired) electrons. The van der Waals surface area contributed by atoms with Crippen molar-refractivity contribution in [3.8, 4) is 11.8 Å². The van der Waals surface area contributed by atoms with E-state index in [4.69, 9.17) is 21.6 Å². The summed E-state index contributed by atoms with van der Waals surface area (Å²) >= 11 is 6.03. The van der Waals surface area contributed by atoms with Crippen molar-refractivity contribution in [2.45, 2.75) is 6.54 Å². The van der Waals surface area contributed by atoms with Crippen molar-refractivity contribution in [3.05, 3.63) is 82.4 Å². The van der Waals surface area contributed by atoms with Crippen molar-refractivity contribution < 1.29 is 9.53 Å². The summed E-state index contributed by atoms with van der Waals surface area (Å²) in [6.45, 7) is 4.80. The minimum absolute atomic E-state index is 0.111. The van der Waals surface area contributed by atoms with E-state index < -0.39 is 0 Å². The number of hydrogen-bond acceptors (Lipinski definition) is 3. The Hall–Kier alpha value is -3.03. The van der Waals surface area contributed by atoms with Gasteiger partial charge in [-0.15, -0.1) is 6.58 Å². The van der Waals surface area contributed by atoms with Crippen LogP contribution in [-0.2, 0) is 11.3 Å². The Bertz CT molecular complexity index is 911. The van der Waals surface area contributed by atoms with Gasteiger partial charge in [-0.3, -0.25) is 4.79 Å². The first-order chi connectivity index (χ1) is 12.6. The van der Waals surface area contributed by atoms with E-state index in [2.05, 4.69) is 12.6 Å². The fourth-order valence-corrected chi connectivity index (χ4v) is 2.94. The lowest BCUT2D eigenvalue weighted by Gasteiger charge is -2.25. The monoisotopic (exact) mass is 364 g/mol. The van der Waals surface area contributed by atoms with E-state index in [0.29, 0.717) is 35.0 Å². The second-order valence-corrected chi connectivity index (χ2v) is 6.36. The van der Waals surface area contributed by atoms with Gasteiger partial charge in [0.1, 0.15) is 12.4 Å². The molecule has 0 unspecified atom stereocenters. The number of amides is 1. The predicted molar refractivity (Wildman–Crippen MR) is 102 cm³/mol. The molecule has 1 amide bonds. The van der Waals surface area contributed by atoms with Gasteiger partial charge in [0.05, 0.1) is 17.2 Å². The molecule has 0 saturated carbocycles. The number of carbonyl (C=O) groups excluding carboxylic acids is 1. The summed E-state index contributed by atoms with van der Waals surface area (Å²) in [5.41, 5.74) is 2.89. The molecule has 0 spiro atoms. The van der Waals surface area contributed by atoms with Crippen LogP contribution in [-0.4, -0.2) is 24.0 Å². The lowest BCUT2D eigenvalue weighted by atomic mass is 10.1. The number of ether oxygens (including phenoxy) is 1. The molecule has 0 fully saturated rings. The van der Waals surface area contributed by atoms with Gasteiger partial charge in [-0.05, 0) is 42.0 Å². The molecule has 1 aliphatic rings. The van der Waals surface area contributed by atoms with Crippen LogP contribution in [0.25, 0.3) is 6.08 Å². The molecule has 130 valence electrons. The summed E-state index contributed by atoms with van der Waals surface area (Å²) in [7, 11) is 0. The van der Waals surface area contributed by atoms with Gasteiger partial charge in [-0.2, -0.15) is 5.26 Å². The van der Waals surface area contributed by atoms with Crippen molar-refractivity contribution in [3.63, 3.8) is 0 Å². The molecule has 4 nitrogen and oxygen atoms in total. The fraction of sp³-hybridized carbons (Fsp3) is 0.143. The Morgan fingerprint density at radius 2 is 2.08 bits per heavy atom. The van der Waals surface area contributed by atoms with Crippen molar-refractivity contribution in [2.75, 3.05) is 13.2 Å². The maximum atomic E-state index is 13.0. The Morgan fingerprint density at radius 3 is 2.77 bits per heavy atom. The lowest BCUT2D eigenvalue weighted by Crippen LogP contribution is -2.34. The SMILES string of the molecule is C=CCN(Cc1ccc(C#N)cc1)C(=O)C1=Cc2cc(Cl)ccc2OC1. The maximum absolute atomic E-state index is 13.0. The average Bonchev–Trinajstić information content (AvgIpc) is 2.67. The van der Waals surface area contributed by atoms with Crippen LogP contribution in [0.2, 0.25) is 5.02 Å². The minimum Gasteiger partial charge on any atom is -0.488 e. The van der Waals surface area contributed by atoms with Gasteiger partial charge in [-0.1, -0.05) is 29.8 Å². The first-order valence-electron chi connectivity index (χ1n) is 8.13. The number of halogens is 1. The number of nitrogens with zero attached hydrogens (tertiary/aromatic N) is 2. The minimum atomic E-state index is -0.111. The third-order valence-corrected chi connectivity index (χ3v) is 4.29. The van der Waals surface area contributed by atoms with Crippen LogP contribution in [0.1, 0.15) is 16.7 Å². The third-order valence-electron chi connectivity index (χ3n) is 4.05. The highest BCUT2D eigenvalue weighted by Gasteiger charge is 2.22. The van der Waals surface area contributed by atoms with E-state index in [1.807, 2.05) is 18.2 Å². The normalized spacial score (nSPS) is 12.2. The van der Waals surface area contributed by atoms with Gasteiger partial charge >= 0.3 is 0 Å². The second-order valence-electron chi connectivity index (χ2n) is 5.92. The molecule has 0 aromatic heterocycles. The predicted octanol–water partition coefficient (Wildman–Crippen LogP) is 4.20. The van der Waals surface area contributed by atoms with Crippen LogP contribution >= 0.6 is 11.6 Å². The highest BCUT2D eigenvalue weighted by Crippen LogP contribution is 2.29. The molecule has 0 saturated heterocycles. The molecular formula is C21H17ClN2O2. The van der Waals surface area contributed by atoms with E-state index in [9.17, 15) is 4.79 Å². The van der Waals surface area contributed by atoms with Gasteiger partial charge in [-0.25, -0.2) is 0 Å². The number of fused-ring (bicyclic) bond motifs is 1. The van der Waals surface area contributed by atoms with Crippen molar-refractivity contribution >= 4 is 23.6 Å². The van der Waals surface area contributed by atoms with Crippen molar-refractivity contribution in [1.82, 2.24) is 4.90 Å². The Kier molecular flexibility index (Phi) is 5.40. The standard InChI is InChI=1S/C21H17ClN2O2/c1-2-9-24(13-16-5-3-15(12-23)4-6-16)21(25)18-10-17-11-19(22)7-8-20(17)26-14-18/h2-8,10-11H,1,9,13-14H2. The zero-order chi connectivity index (χ0) is 18.5. The van der Waals surface area contributed by atoms with Crippen molar-refractivity contribution in [1.29, 1.82) is 5.26 Å². The number of benzene rings is 2. The van der Waals surface area contributed by atoms with E-state index in [1.165, 1.54) is 0 Å². The average molecular weight is 365 g/mol. The fourth-order valence-electron chi connectivity index (χ4n) is 2.76. The van der Waals surface area contributed by atoms with Gasteiger partial charge < -0.3 is 9.64 Å². The maximum Gasteiger partial charge on any atom is 0.253 e. The Balaban J connectivity index is 1.82. The number of rotatable bonds is 5.